The summed E-state index contributed by atoms with van der Waals surface area (Å²) in [6.45, 7) is -0.591. The molecule has 1 N–H and O–H groups in total. The van der Waals surface area contributed by atoms with Gasteiger partial charge in [0.25, 0.3) is 11.6 Å². The fraction of sp³-hybridized carbons (Fsp3) is 0.222. The molecule has 0 aliphatic heterocycles. The van der Waals surface area contributed by atoms with E-state index in [0.29, 0.717) is 5.82 Å². The van der Waals surface area contributed by atoms with Crippen LogP contribution >= 0.6 is 11.3 Å². The fourth-order valence-corrected chi connectivity index (χ4v) is 3.02. The highest BCUT2D eigenvalue weighted by atomic mass is 32.1. The quantitative estimate of drug-likeness (QED) is 0.306. The maximum atomic E-state index is 12.0. The molecule has 0 unspecified atom stereocenters. The van der Waals surface area contributed by atoms with Crippen molar-refractivity contribution >= 4 is 34.6 Å². The predicted octanol–water partition coefficient (Wildman–Crippen LogP) is 2.83. The lowest BCUT2D eigenvalue weighted by molar-refractivity contribution is -0.384. The van der Waals surface area contributed by atoms with Crippen LogP contribution in [-0.4, -0.2) is 40.7 Å². The van der Waals surface area contributed by atoms with E-state index in [9.17, 15) is 19.7 Å². The first-order valence-electron chi connectivity index (χ1n) is 8.60. The summed E-state index contributed by atoms with van der Waals surface area (Å²) >= 11 is 1.46. The smallest absolute Gasteiger partial charge is 0.306 e. The first-order chi connectivity index (χ1) is 14.5. The van der Waals surface area contributed by atoms with Crippen LogP contribution in [0.3, 0.4) is 0 Å². The molecule has 0 aliphatic rings. The highest BCUT2D eigenvalue weighted by Gasteiger charge is 2.18. The number of nitro groups is 1. The Balaban J connectivity index is 1.47. The summed E-state index contributed by atoms with van der Waals surface area (Å²) in [5.74, 6) is -0.378. The van der Waals surface area contributed by atoms with Crippen LogP contribution in [0.2, 0.25) is 0 Å². The van der Waals surface area contributed by atoms with Crippen molar-refractivity contribution in [2.45, 2.75) is 12.8 Å². The Kier molecular flexibility index (Phi) is 6.70. The molecular formula is C18H16N4O7S. The van der Waals surface area contributed by atoms with Crippen molar-refractivity contribution in [2.75, 3.05) is 19.0 Å². The third-order valence-corrected chi connectivity index (χ3v) is 4.66. The maximum absolute atomic E-state index is 12.0. The van der Waals surface area contributed by atoms with Crippen LogP contribution in [0.4, 0.5) is 11.4 Å². The molecule has 0 saturated carbocycles. The van der Waals surface area contributed by atoms with Crippen molar-refractivity contribution in [3.8, 4) is 16.5 Å². The summed E-state index contributed by atoms with van der Waals surface area (Å²) in [7, 11) is 1.37. The van der Waals surface area contributed by atoms with Gasteiger partial charge in [0.1, 0.15) is 11.4 Å². The molecule has 1 amide bonds. The van der Waals surface area contributed by atoms with Gasteiger partial charge >= 0.3 is 5.97 Å². The van der Waals surface area contributed by atoms with E-state index >= 15 is 0 Å². The molecule has 0 atom stereocenters. The molecule has 12 heteroatoms. The number of thiophene rings is 1. The predicted molar refractivity (Wildman–Crippen MR) is 105 cm³/mol. The van der Waals surface area contributed by atoms with Gasteiger partial charge in [-0.15, -0.1) is 11.3 Å². The van der Waals surface area contributed by atoms with Gasteiger partial charge in [-0.1, -0.05) is 11.2 Å². The average molecular weight is 432 g/mol. The number of nitrogens with zero attached hydrogens (tertiary/aromatic N) is 3. The number of aromatic nitrogens is 2. The van der Waals surface area contributed by atoms with Gasteiger partial charge in [-0.25, -0.2) is 0 Å². The van der Waals surface area contributed by atoms with Crippen LogP contribution in [-0.2, 0) is 20.7 Å². The minimum absolute atomic E-state index is 0.0335. The number of nitrogens with one attached hydrogen (secondary N) is 1. The number of nitro benzene ring substituents is 1. The van der Waals surface area contributed by atoms with Gasteiger partial charge in [0.15, 0.2) is 6.61 Å². The number of rotatable bonds is 9. The number of ether oxygens (including phenoxy) is 2. The Morgan fingerprint density at radius 2 is 2.17 bits per heavy atom. The second-order valence-corrected chi connectivity index (χ2v) is 6.79. The SMILES string of the molecule is COc1ccc(NC(=O)COC(=O)CCc2nc(-c3cccs3)no2)c([N+](=O)[O-])c1. The molecule has 3 rings (SSSR count). The Morgan fingerprint density at radius 1 is 1.33 bits per heavy atom. The molecule has 2 aromatic heterocycles. The molecule has 30 heavy (non-hydrogen) atoms. The summed E-state index contributed by atoms with van der Waals surface area (Å²) in [5, 5.41) is 19.2. The highest BCUT2D eigenvalue weighted by molar-refractivity contribution is 7.13. The average Bonchev–Trinajstić information content (AvgIpc) is 3.42. The molecule has 0 fully saturated rings. The Hall–Kier alpha value is -3.80. The van der Waals surface area contributed by atoms with Crippen molar-refractivity contribution in [3.05, 3.63) is 51.7 Å². The third kappa shape index (κ3) is 5.38. The molecule has 3 aromatic rings. The standard InChI is InChI=1S/C18H16N4O7S/c1-27-11-4-5-12(13(9-11)22(25)26)19-15(23)10-28-17(24)7-6-16-20-18(21-29-16)14-3-2-8-30-14/h2-5,8-9H,6-7,10H2,1H3,(H,19,23). The van der Waals surface area contributed by atoms with Gasteiger partial charge in [-0.3, -0.25) is 19.7 Å². The summed E-state index contributed by atoms with van der Waals surface area (Å²) < 4.78 is 14.9. The van der Waals surface area contributed by atoms with Gasteiger partial charge in [0, 0.05) is 6.42 Å². The molecule has 2 heterocycles. The summed E-state index contributed by atoms with van der Waals surface area (Å²) in [6, 6.07) is 7.68. The lowest BCUT2D eigenvalue weighted by Crippen LogP contribution is -2.21. The lowest BCUT2D eigenvalue weighted by Gasteiger charge is -2.08. The second-order valence-electron chi connectivity index (χ2n) is 5.84. The molecule has 0 saturated heterocycles. The zero-order valence-corrected chi connectivity index (χ0v) is 16.5. The lowest BCUT2D eigenvalue weighted by atomic mass is 10.2. The number of amides is 1. The zero-order chi connectivity index (χ0) is 21.5. The van der Waals surface area contributed by atoms with Crippen LogP contribution in [0.5, 0.6) is 5.75 Å². The Morgan fingerprint density at radius 3 is 2.87 bits per heavy atom. The van der Waals surface area contributed by atoms with Crippen LogP contribution in [0.25, 0.3) is 10.7 Å². The molecule has 1 aromatic carbocycles. The van der Waals surface area contributed by atoms with Gasteiger partial charge < -0.3 is 19.3 Å². The normalized spacial score (nSPS) is 10.4. The number of carbonyl (C=O) groups is 2. The maximum Gasteiger partial charge on any atom is 0.306 e. The van der Waals surface area contributed by atoms with E-state index in [2.05, 4.69) is 15.5 Å². The van der Waals surface area contributed by atoms with E-state index in [1.54, 1.807) is 0 Å². The number of anilines is 1. The minimum atomic E-state index is -0.714. The Labute approximate surface area is 173 Å². The molecule has 0 bridgehead atoms. The molecule has 0 aliphatic carbocycles. The van der Waals surface area contributed by atoms with E-state index < -0.39 is 23.4 Å². The summed E-state index contributed by atoms with van der Waals surface area (Å²) in [5.41, 5.74) is -0.374. The minimum Gasteiger partial charge on any atom is -0.496 e. The van der Waals surface area contributed by atoms with Gasteiger partial charge in [-0.2, -0.15) is 4.98 Å². The monoisotopic (exact) mass is 432 g/mol. The molecule has 156 valence electrons. The van der Waals surface area contributed by atoms with Crippen molar-refractivity contribution in [2.24, 2.45) is 0 Å². The van der Waals surface area contributed by atoms with Crippen LogP contribution in [0, 0.1) is 10.1 Å². The number of hydrogen-bond donors (Lipinski definition) is 1. The highest BCUT2D eigenvalue weighted by Crippen LogP contribution is 2.28. The van der Waals surface area contributed by atoms with E-state index in [4.69, 9.17) is 14.0 Å². The number of methoxy groups -OCH3 is 1. The third-order valence-electron chi connectivity index (χ3n) is 3.79. The van der Waals surface area contributed by atoms with Crippen molar-refractivity contribution in [3.63, 3.8) is 0 Å². The topological polar surface area (TPSA) is 147 Å². The van der Waals surface area contributed by atoms with Crippen molar-refractivity contribution in [1.29, 1.82) is 0 Å². The number of carbonyl (C=O) groups excluding carboxylic acids is 2. The van der Waals surface area contributed by atoms with Gasteiger partial charge in [0.2, 0.25) is 11.7 Å². The van der Waals surface area contributed by atoms with E-state index in [1.807, 2.05) is 17.5 Å². The van der Waals surface area contributed by atoms with E-state index in [0.717, 1.165) is 4.88 Å². The summed E-state index contributed by atoms with van der Waals surface area (Å²) in [6.07, 6.45) is 0.0881. The molecular weight excluding hydrogens is 416 g/mol. The van der Waals surface area contributed by atoms with Crippen molar-refractivity contribution in [1.82, 2.24) is 10.1 Å². The number of esters is 1. The van der Waals surface area contributed by atoms with Crippen LogP contribution < -0.4 is 10.1 Å². The Bertz CT molecular complexity index is 1050. The number of aryl methyl sites for hydroxylation is 1. The van der Waals surface area contributed by atoms with Gasteiger partial charge in [0.05, 0.1) is 29.4 Å². The molecule has 0 spiro atoms. The van der Waals surface area contributed by atoms with Crippen LogP contribution in [0.15, 0.2) is 40.2 Å². The summed E-state index contributed by atoms with van der Waals surface area (Å²) in [4.78, 5) is 39.3. The van der Waals surface area contributed by atoms with E-state index in [-0.39, 0.29) is 35.9 Å². The van der Waals surface area contributed by atoms with Crippen LogP contribution in [0.1, 0.15) is 12.3 Å². The first kappa shape index (κ1) is 20.9. The number of hydrogen-bond acceptors (Lipinski definition) is 10. The number of benzene rings is 1. The molecule has 0 radical (unpaired) electrons. The fourth-order valence-electron chi connectivity index (χ4n) is 2.37. The van der Waals surface area contributed by atoms with Crippen molar-refractivity contribution < 1.29 is 28.5 Å². The van der Waals surface area contributed by atoms with Gasteiger partial charge in [-0.05, 0) is 23.6 Å². The zero-order valence-electron chi connectivity index (χ0n) is 15.7. The second kappa shape index (κ2) is 9.60. The van der Waals surface area contributed by atoms with E-state index in [1.165, 1.54) is 36.6 Å². The molecule has 11 nitrogen and oxygen atoms in total. The largest absolute Gasteiger partial charge is 0.496 e. The first-order valence-corrected chi connectivity index (χ1v) is 9.48.